The molecule has 0 unspecified atom stereocenters. The number of alkyl halides is 3. The second kappa shape index (κ2) is 5.47. The number of halogens is 4. The molecule has 2 nitrogen and oxygen atoms in total. The summed E-state index contributed by atoms with van der Waals surface area (Å²) in [6, 6.07) is 7.71. The predicted molar refractivity (Wildman–Crippen MR) is 78.0 cm³/mol. The Kier molecular flexibility index (Phi) is 3.81. The van der Waals surface area contributed by atoms with Gasteiger partial charge in [0.2, 0.25) is 0 Å². The number of hydrogen-bond donors (Lipinski definition) is 0. The zero-order chi connectivity index (χ0) is 15.0. The number of hydrogen-bond acceptors (Lipinski definition) is 4. The number of benzene rings is 1. The van der Waals surface area contributed by atoms with E-state index in [1.807, 2.05) is 0 Å². The van der Waals surface area contributed by atoms with Crippen LogP contribution in [-0.2, 0) is 6.18 Å². The number of aromatic nitrogens is 2. The highest BCUT2D eigenvalue weighted by atomic mass is 35.5. The van der Waals surface area contributed by atoms with E-state index in [0.717, 1.165) is 22.5 Å². The lowest BCUT2D eigenvalue weighted by atomic mass is 10.3. The Labute approximate surface area is 131 Å². The second-order valence-electron chi connectivity index (χ2n) is 4.08. The van der Waals surface area contributed by atoms with E-state index in [9.17, 15) is 13.2 Å². The van der Waals surface area contributed by atoms with Crippen LogP contribution >= 0.6 is 34.7 Å². The first-order chi connectivity index (χ1) is 9.91. The van der Waals surface area contributed by atoms with Gasteiger partial charge in [0.05, 0.1) is 15.8 Å². The highest BCUT2D eigenvalue weighted by Gasteiger charge is 2.30. The molecule has 0 amide bonds. The molecule has 3 aromatic rings. The van der Waals surface area contributed by atoms with Gasteiger partial charge >= 0.3 is 6.18 Å². The van der Waals surface area contributed by atoms with Crippen molar-refractivity contribution in [3.8, 4) is 0 Å². The Balaban J connectivity index is 1.84. The molecule has 1 aromatic carbocycles. The molecule has 0 spiro atoms. The van der Waals surface area contributed by atoms with E-state index >= 15 is 0 Å². The van der Waals surface area contributed by atoms with E-state index in [4.69, 9.17) is 11.6 Å². The highest BCUT2D eigenvalue weighted by Crippen LogP contribution is 2.35. The lowest BCUT2D eigenvalue weighted by Crippen LogP contribution is -2.04. The third kappa shape index (κ3) is 3.30. The molecule has 0 radical (unpaired) electrons. The quantitative estimate of drug-likeness (QED) is 0.611. The van der Waals surface area contributed by atoms with Gasteiger partial charge in [-0.1, -0.05) is 11.6 Å². The van der Waals surface area contributed by atoms with Crippen LogP contribution in [0.2, 0.25) is 5.02 Å². The SMILES string of the molecule is FC(F)(F)c1ccc(Sc2nc3ccc(Cl)cc3s2)nc1. The molecular formula is C13H6ClF3N2S2. The zero-order valence-corrected chi connectivity index (χ0v) is 12.6. The summed E-state index contributed by atoms with van der Waals surface area (Å²) >= 11 is 8.55. The van der Waals surface area contributed by atoms with E-state index in [1.165, 1.54) is 29.2 Å². The van der Waals surface area contributed by atoms with Crippen molar-refractivity contribution >= 4 is 44.9 Å². The molecule has 0 atom stereocenters. The van der Waals surface area contributed by atoms with Crippen molar-refractivity contribution in [2.24, 2.45) is 0 Å². The van der Waals surface area contributed by atoms with E-state index in [1.54, 1.807) is 18.2 Å². The van der Waals surface area contributed by atoms with Crippen LogP contribution in [0.3, 0.4) is 0 Å². The van der Waals surface area contributed by atoms with Crippen LogP contribution in [0, 0.1) is 0 Å². The first kappa shape index (κ1) is 14.6. The summed E-state index contributed by atoms with van der Waals surface area (Å²) in [5.41, 5.74) is 0.0433. The lowest BCUT2D eigenvalue weighted by molar-refractivity contribution is -0.137. The molecule has 0 fully saturated rings. The van der Waals surface area contributed by atoms with Crippen LogP contribution in [-0.4, -0.2) is 9.97 Å². The average Bonchev–Trinajstić information content (AvgIpc) is 2.79. The molecule has 108 valence electrons. The van der Waals surface area contributed by atoms with Crippen LogP contribution in [0.1, 0.15) is 5.56 Å². The summed E-state index contributed by atoms with van der Waals surface area (Å²) in [5.74, 6) is 0. The fourth-order valence-corrected chi connectivity index (χ4v) is 3.85. The van der Waals surface area contributed by atoms with Gasteiger partial charge in [0, 0.05) is 11.2 Å². The third-order valence-corrected chi connectivity index (χ3v) is 4.85. The van der Waals surface area contributed by atoms with Crippen LogP contribution < -0.4 is 0 Å². The Morgan fingerprint density at radius 1 is 1.14 bits per heavy atom. The van der Waals surface area contributed by atoms with Gasteiger partial charge in [-0.2, -0.15) is 13.2 Å². The van der Waals surface area contributed by atoms with Gasteiger partial charge in [0.25, 0.3) is 0 Å². The van der Waals surface area contributed by atoms with E-state index in [-0.39, 0.29) is 0 Å². The summed E-state index contributed by atoms with van der Waals surface area (Å²) in [5, 5.41) is 1.09. The standard InChI is InChI=1S/C13H6ClF3N2S2/c14-8-2-3-9-10(5-8)20-12(19-9)21-11-4-1-7(6-18-11)13(15,16)17/h1-6H. The summed E-state index contributed by atoms with van der Waals surface area (Å²) < 4.78 is 39.0. The highest BCUT2D eigenvalue weighted by molar-refractivity contribution is 8.01. The number of fused-ring (bicyclic) bond motifs is 1. The van der Waals surface area contributed by atoms with E-state index in [0.29, 0.717) is 14.4 Å². The van der Waals surface area contributed by atoms with Gasteiger partial charge in [-0.25, -0.2) is 9.97 Å². The van der Waals surface area contributed by atoms with E-state index in [2.05, 4.69) is 9.97 Å². The first-order valence-electron chi connectivity index (χ1n) is 5.69. The summed E-state index contributed by atoms with van der Waals surface area (Å²) in [6.45, 7) is 0. The number of pyridine rings is 1. The number of thiazole rings is 1. The Bertz CT molecular complexity index is 784. The molecule has 3 rings (SSSR count). The van der Waals surface area contributed by atoms with Gasteiger partial charge in [-0.05, 0) is 42.1 Å². The Morgan fingerprint density at radius 2 is 1.95 bits per heavy atom. The number of rotatable bonds is 2. The minimum absolute atomic E-state index is 0.466. The van der Waals surface area contributed by atoms with Crippen molar-refractivity contribution in [1.82, 2.24) is 9.97 Å². The van der Waals surface area contributed by atoms with Crippen LogP contribution in [0.25, 0.3) is 10.2 Å². The monoisotopic (exact) mass is 346 g/mol. The summed E-state index contributed by atoms with van der Waals surface area (Å²) in [6.07, 6.45) is -3.55. The fraction of sp³-hybridized carbons (Fsp3) is 0.0769. The van der Waals surface area contributed by atoms with Gasteiger partial charge in [0.1, 0.15) is 5.03 Å². The molecule has 0 bridgehead atoms. The molecule has 2 aromatic heterocycles. The zero-order valence-electron chi connectivity index (χ0n) is 10.2. The Morgan fingerprint density at radius 3 is 2.62 bits per heavy atom. The molecule has 0 aliphatic carbocycles. The maximum atomic E-state index is 12.5. The van der Waals surface area contributed by atoms with Crippen molar-refractivity contribution < 1.29 is 13.2 Å². The topological polar surface area (TPSA) is 25.8 Å². The molecule has 0 saturated heterocycles. The molecule has 0 aliphatic rings. The van der Waals surface area contributed by atoms with Crippen LogP contribution in [0.15, 0.2) is 45.9 Å². The molecule has 0 aliphatic heterocycles. The van der Waals surface area contributed by atoms with Crippen LogP contribution in [0.5, 0.6) is 0 Å². The van der Waals surface area contributed by atoms with Gasteiger partial charge < -0.3 is 0 Å². The van der Waals surface area contributed by atoms with Crippen molar-refractivity contribution in [2.45, 2.75) is 15.5 Å². The maximum absolute atomic E-state index is 12.5. The van der Waals surface area contributed by atoms with Gasteiger partial charge in [0.15, 0.2) is 4.34 Å². The summed E-state index contributed by atoms with van der Waals surface area (Å²) in [7, 11) is 0. The molecule has 0 N–H and O–H groups in total. The third-order valence-electron chi connectivity index (χ3n) is 2.59. The van der Waals surface area contributed by atoms with Gasteiger partial charge in [-0.15, -0.1) is 11.3 Å². The first-order valence-corrected chi connectivity index (χ1v) is 7.70. The van der Waals surface area contributed by atoms with Gasteiger partial charge in [-0.3, -0.25) is 0 Å². The normalized spacial score (nSPS) is 12.0. The number of nitrogens with zero attached hydrogens (tertiary/aromatic N) is 2. The molecule has 2 heterocycles. The Hall–Kier alpha value is -1.31. The predicted octanol–water partition coefficient (Wildman–Crippen LogP) is 5.51. The molecule has 8 heteroatoms. The molecular weight excluding hydrogens is 341 g/mol. The minimum atomic E-state index is -4.37. The smallest absolute Gasteiger partial charge is 0.249 e. The fourth-order valence-electron chi connectivity index (χ4n) is 1.62. The average molecular weight is 347 g/mol. The second-order valence-corrected chi connectivity index (χ2v) is 6.81. The molecule has 21 heavy (non-hydrogen) atoms. The molecule has 0 saturated carbocycles. The van der Waals surface area contributed by atoms with Crippen LogP contribution in [0.4, 0.5) is 13.2 Å². The largest absolute Gasteiger partial charge is 0.417 e. The van der Waals surface area contributed by atoms with Crippen molar-refractivity contribution in [1.29, 1.82) is 0 Å². The minimum Gasteiger partial charge on any atom is -0.249 e. The van der Waals surface area contributed by atoms with Crippen molar-refractivity contribution in [2.75, 3.05) is 0 Å². The van der Waals surface area contributed by atoms with Crippen molar-refractivity contribution in [3.63, 3.8) is 0 Å². The summed E-state index contributed by atoms with van der Waals surface area (Å²) in [4.78, 5) is 8.19. The lowest BCUT2D eigenvalue weighted by Gasteiger charge is -2.05. The maximum Gasteiger partial charge on any atom is 0.417 e. The van der Waals surface area contributed by atoms with E-state index < -0.39 is 11.7 Å². The van der Waals surface area contributed by atoms with Crippen molar-refractivity contribution in [3.05, 3.63) is 47.1 Å².